The van der Waals surface area contributed by atoms with Crippen LogP contribution in [0.4, 0.5) is 16.2 Å². The number of carbonyl (C=O) groups is 4. The van der Waals surface area contributed by atoms with Gasteiger partial charge in [-0.25, -0.2) is 9.59 Å². The Hall–Kier alpha value is -4.99. The molecule has 0 radical (unpaired) electrons. The number of nitrogens with one attached hydrogen (secondary N) is 1. The summed E-state index contributed by atoms with van der Waals surface area (Å²) in [7, 11) is 0. The average molecular weight is 643 g/mol. The van der Waals surface area contributed by atoms with Gasteiger partial charge in [0.25, 0.3) is 11.4 Å². The highest BCUT2D eigenvalue weighted by molar-refractivity contribution is 8.03. The molecule has 4 rings (SSSR count). The number of thioether (sulfide) groups is 1. The summed E-state index contributed by atoms with van der Waals surface area (Å²) in [5.74, 6) is -3.35. The molecule has 0 spiro atoms. The molecular weight excluding hydrogens is 612 g/mol. The minimum Gasteiger partial charge on any atom is -0.477 e. The van der Waals surface area contributed by atoms with Crippen molar-refractivity contribution >= 4 is 47.1 Å². The number of carbonyl (C=O) groups excluding carboxylic acids is 3. The summed E-state index contributed by atoms with van der Waals surface area (Å²) in [5, 5.41) is 34.8. The molecule has 238 valence electrons. The molecule has 3 atom stereocenters. The van der Waals surface area contributed by atoms with Gasteiger partial charge < -0.3 is 24.8 Å². The Morgan fingerprint density at radius 3 is 2.07 bits per heavy atom. The monoisotopic (exact) mass is 642 g/mol. The summed E-state index contributed by atoms with van der Waals surface area (Å²) >= 11 is 1.19. The van der Waals surface area contributed by atoms with E-state index in [1.807, 2.05) is 0 Å². The number of amides is 2. The number of aliphatic carboxylic acids is 1. The molecule has 2 aliphatic rings. The second-order valence-corrected chi connectivity index (χ2v) is 12.1. The fourth-order valence-electron chi connectivity index (χ4n) is 5.50. The van der Waals surface area contributed by atoms with E-state index in [4.69, 9.17) is 9.47 Å². The van der Waals surface area contributed by atoms with Gasteiger partial charge in [0.15, 0.2) is 0 Å². The maximum atomic E-state index is 13.5. The molecule has 0 aromatic heterocycles. The van der Waals surface area contributed by atoms with Crippen LogP contribution in [0.25, 0.3) is 0 Å². The van der Waals surface area contributed by atoms with Crippen molar-refractivity contribution in [1.82, 2.24) is 10.2 Å². The molecule has 2 amide bonds. The number of carboxylic acids is 1. The van der Waals surface area contributed by atoms with Gasteiger partial charge in [0.05, 0.1) is 21.8 Å². The second-order valence-electron chi connectivity index (χ2n) is 10.9. The quantitative estimate of drug-likeness (QED) is 0.105. The van der Waals surface area contributed by atoms with Crippen LogP contribution in [0.5, 0.6) is 0 Å². The summed E-state index contributed by atoms with van der Waals surface area (Å²) in [5.41, 5.74) is -0.752. The maximum absolute atomic E-state index is 13.5. The van der Waals surface area contributed by atoms with E-state index in [2.05, 4.69) is 5.32 Å². The minimum atomic E-state index is -1.45. The number of benzene rings is 2. The average Bonchev–Trinajstić information content (AvgIpc) is 3.23. The van der Waals surface area contributed by atoms with Gasteiger partial charge in [0, 0.05) is 54.3 Å². The van der Waals surface area contributed by atoms with Crippen LogP contribution in [-0.2, 0) is 36.9 Å². The summed E-state index contributed by atoms with van der Waals surface area (Å²) < 4.78 is 10.8. The molecule has 2 aromatic rings. The molecule has 1 fully saturated rings. The first-order valence-electron chi connectivity index (χ1n) is 13.7. The van der Waals surface area contributed by atoms with Gasteiger partial charge in [-0.2, -0.15) is 0 Å². The van der Waals surface area contributed by atoms with E-state index in [0.29, 0.717) is 21.8 Å². The highest BCUT2D eigenvalue weighted by atomic mass is 32.2. The number of ether oxygens (including phenoxy) is 2. The molecule has 16 heteroatoms. The number of nitrogens with zero attached hydrogens (tertiary/aromatic N) is 3. The van der Waals surface area contributed by atoms with E-state index in [1.54, 1.807) is 12.1 Å². The largest absolute Gasteiger partial charge is 0.509 e. The van der Waals surface area contributed by atoms with Gasteiger partial charge in [-0.3, -0.25) is 29.8 Å². The van der Waals surface area contributed by atoms with Gasteiger partial charge in [-0.1, -0.05) is 12.1 Å². The number of hydrogen-bond donors (Lipinski definition) is 2. The topological polar surface area (TPSA) is 209 Å². The molecular formula is C29H30N4O11S. The molecule has 0 aliphatic carbocycles. The van der Waals surface area contributed by atoms with Crippen molar-refractivity contribution < 1.29 is 43.6 Å². The number of hydrogen-bond acceptors (Lipinski definition) is 11. The van der Waals surface area contributed by atoms with Crippen molar-refractivity contribution in [1.29, 1.82) is 0 Å². The third-order valence-corrected chi connectivity index (χ3v) is 8.72. The molecule has 45 heavy (non-hydrogen) atoms. The fourth-order valence-corrected chi connectivity index (χ4v) is 6.68. The molecule has 0 saturated carbocycles. The Morgan fingerprint density at radius 1 is 1.00 bits per heavy atom. The van der Waals surface area contributed by atoms with Crippen LogP contribution in [0.15, 0.2) is 59.1 Å². The molecule has 2 aliphatic heterocycles. The standard InChI is InChI=1S/C29H30N4O11S/c1-16(34)30-12-13-45-25-21(14-17-4-8-19(9-5-17)32(39)40)23-22(26(35)31(23)24(25)27(36)37)29(2,3)44-28(38)43-15-18-6-10-20(11-7-18)33(41)42/h4-11,21-23H,12-15H2,1-3H3,(H,30,34)(H,36,37)/t21?,22-,23+/m1/s1. The molecule has 2 N–H and O–H groups in total. The SMILES string of the molecule is CC(=O)NCCSC1=C(C(=O)O)N2C(=O)[C@H](C(C)(C)OC(=O)OCc3ccc([N+](=O)[O-])cc3)[C@@H]2C1Cc1ccc([N+](=O)[O-])cc1. The number of carboxylic acid groups (broad SMARTS) is 1. The van der Waals surface area contributed by atoms with Crippen molar-refractivity contribution in [2.45, 2.75) is 45.4 Å². The molecule has 1 saturated heterocycles. The van der Waals surface area contributed by atoms with Crippen LogP contribution in [0.1, 0.15) is 31.9 Å². The van der Waals surface area contributed by atoms with E-state index in [1.165, 1.54) is 73.8 Å². The van der Waals surface area contributed by atoms with Gasteiger partial charge in [0.1, 0.15) is 17.9 Å². The first-order valence-corrected chi connectivity index (χ1v) is 14.7. The predicted octanol–water partition coefficient (Wildman–Crippen LogP) is 3.80. The zero-order chi connectivity index (χ0) is 33.1. The van der Waals surface area contributed by atoms with Crippen LogP contribution in [0.3, 0.4) is 0 Å². The van der Waals surface area contributed by atoms with Gasteiger partial charge in [-0.15, -0.1) is 11.8 Å². The first kappa shape index (κ1) is 32.9. The van der Waals surface area contributed by atoms with Gasteiger partial charge >= 0.3 is 12.1 Å². The van der Waals surface area contributed by atoms with Gasteiger partial charge in [-0.05, 0) is 43.5 Å². The van der Waals surface area contributed by atoms with Crippen molar-refractivity contribution in [3.05, 3.63) is 90.5 Å². The lowest BCUT2D eigenvalue weighted by atomic mass is 9.71. The molecule has 1 unspecified atom stereocenters. The zero-order valence-electron chi connectivity index (χ0n) is 24.5. The molecule has 0 bridgehead atoms. The van der Waals surface area contributed by atoms with E-state index in [-0.39, 0.29) is 42.6 Å². The third kappa shape index (κ3) is 7.22. The van der Waals surface area contributed by atoms with Crippen molar-refractivity contribution in [3.63, 3.8) is 0 Å². The first-order chi connectivity index (χ1) is 21.2. The minimum absolute atomic E-state index is 0.114. The third-order valence-electron chi connectivity index (χ3n) is 7.50. The van der Waals surface area contributed by atoms with Crippen LogP contribution in [0.2, 0.25) is 0 Å². The highest BCUT2D eigenvalue weighted by Crippen LogP contribution is 2.54. The Bertz CT molecular complexity index is 1560. The van der Waals surface area contributed by atoms with Crippen molar-refractivity contribution in [2.24, 2.45) is 11.8 Å². The Kier molecular flexibility index (Phi) is 9.75. The van der Waals surface area contributed by atoms with Crippen LogP contribution in [0, 0.1) is 32.1 Å². The smallest absolute Gasteiger partial charge is 0.477 e. The van der Waals surface area contributed by atoms with Crippen LogP contribution in [-0.4, -0.2) is 67.7 Å². The van der Waals surface area contributed by atoms with Crippen molar-refractivity contribution in [2.75, 3.05) is 12.3 Å². The summed E-state index contributed by atoms with van der Waals surface area (Å²) in [6, 6.07) is 10.5. The van der Waals surface area contributed by atoms with E-state index >= 15 is 0 Å². The lowest BCUT2D eigenvalue weighted by molar-refractivity contribution is -0.385. The molecule has 15 nitrogen and oxygen atoms in total. The lowest BCUT2D eigenvalue weighted by Crippen LogP contribution is -2.68. The van der Waals surface area contributed by atoms with Gasteiger partial charge in [0.2, 0.25) is 11.8 Å². The highest BCUT2D eigenvalue weighted by Gasteiger charge is 2.65. The van der Waals surface area contributed by atoms with Crippen LogP contribution >= 0.6 is 11.8 Å². The normalized spacial score (nSPS) is 19.0. The predicted molar refractivity (Wildman–Crippen MR) is 159 cm³/mol. The molecule has 2 heterocycles. The Morgan fingerprint density at radius 2 is 1.56 bits per heavy atom. The number of rotatable bonds is 13. The maximum Gasteiger partial charge on any atom is 0.509 e. The number of fused-ring (bicyclic) bond motifs is 1. The fraction of sp³-hybridized carbons (Fsp3) is 0.379. The van der Waals surface area contributed by atoms with E-state index in [9.17, 15) is 44.5 Å². The summed E-state index contributed by atoms with van der Waals surface area (Å²) in [4.78, 5) is 72.6. The zero-order valence-corrected chi connectivity index (χ0v) is 25.3. The second kappa shape index (κ2) is 13.3. The lowest BCUT2D eigenvalue weighted by Gasteiger charge is -2.51. The Balaban J connectivity index is 1.56. The summed E-state index contributed by atoms with van der Waals surface area (Å²) in [6.07, 6.45) is -0.867. The van der Waals surface area contributed by atoms with E-state index in [0.717, 1.165) is 0 Å². The molecule has 2 aromatic carbocycles. The number of nitro benzene ring substituents is 2. The number of non-ortho nitro benzene ring substituents is 2. The summed E-state index contributed by atoms with van der Waals surface area (Å²) in [6.45, 7) is 4.39. The number of β-lactam (4-membered cyclic amide) rings is 1. The number of nitro groups is 2. The van der Waals surface area contributed by atoms with Crippen molar-refractivity contribution in [3.8, 4) is 0 Å². The van der Waals surface area contributed by atoms with E-state index < -0.39 is 51.4 Å². The van der Waals surface area contributed by atoms with Crippen LogP contribution < -0.4 is 5.32 Å². The Labute approximate surface area is 260 Å².